The van der Waals surface area contributed by atoms with Gasteiger partial charge in [0, 0.05) is 11.4 Å². The van der Waals surface area contributed by atoms with Crippen LogP contribution in [0.2, 0.25) is 5.02 Å². The monoisotopic (exact) mass is 224 g/mol. The molecule has 2 N–H and O–H groups in total. The van der Waals surface area contributed by atoms with Crippen LogP contribution in [0, 0.1) is 0 Å². The van der Waals surface area contributed by atoms with Gasteiger partial charge in [-0.2, -0.15) is 0 Å². The highest BCUT2D eigenvalue weighted by Crippen LogP contribution is 2.19. The van der Waals surface area contributed by atoms with Gasteiger partial charge in [0.1, 0.15) is 6.10 Å². The summed E-state index contributed by atoms with van der Waals surface area (Å²) in [6, 6.07) is 7.62. The molecule has 1 heterocycles. The number of rotatable bonds is 3. The summed E-state index contributed by atoms with van der Waals surface area (Å²) >= 11 is 5.81. The molecular formula is C11H13ClN2O. The summed E-state index contributed by atoms with van der Waals surface area (Å²) in [4.78, 5) is 5.27. The minimum Gasteiger partial charge on any atom is -0.392 e. The number of nitrogens with two attached hydrogens (primary N) is 1. The van der Waals surface area contributed by atoms with Crippen LogP contribution in [0.5, 0.6) is 0 Å². The van der Waals surface area contributed by atoms with Gasteiger partial charge in [-0.1, -0.05) is 28.9 Å². The van der Waals surface area contributed by atoms with Gasteiger partial charge in [0.05, 0.1) is 5.71 Å². The van der Waals surface area contributed by atoms with Crippen molar-refractivity contribution in [2.45, 2.75) is 18.9 Å². The standard InChI is InChI=1S/C11H13ClN2O/c12-9-3-1-8(2-4-9)11-7-10(5-6-13)15-14-11/h1-4,10H,5-7,13H2. The first-order valence-electron chi connectivity index (χ1n) is 4.98. The summed E-state index contributed by atoms with van der Waals surface area (Å²) in [5.74, 6) is 0. The Morgan fingerprint density at radius 1 is 1.40 bits per heavy atom. The molecule has 1 aromatic rings. The molecule has 1 aromatic carbocycles. The first-order valence-corrected chi connectivity index (χ1v) is 5.36. The van der Waals surface area contributed by atoms with Crippen LogP contribution in [0.15, 0.2) is 29.4 Å². The van der Waals surface area contributed by atoms with E-state index >= 15 is 0 Å². The van der Waals surface area contributed by atoms with Crippen LogP contribution in [-0.4, -0.2) is 18.4 Å². The van der Waals surface area contributed by atoms with Gasteiger partial charge in [0.2, 0.25) is 0 Å². The van der Waals surface area contributed by atoms with E-state index in [0.717, 1.165) is 29.1 Å². The van der Waals surface area contributed by atoms with Crippen LogP contribution in [0.4, 0.5) is 0 Å². The van der Waals surface area contributed by atoms with Crippen LogP contribution >= 0.6 is 11.6 Å². The van der Waals surface area contributed by atoms with Crippen LogP contribution in [-0.2, 0) is 4.84 Å². The average molecular weight is 225 g/mol. The fourth-order valence-corrected chi connectivity index (χ4v) is 1.71. The molecule has 4 heteroatoms. The second-order valence-corrected chi connectivity index (χ2v) is 3.99. The van der Waals surface area contributed by atoms with E-state index in [1.54, 1.807) is 0 Å². The van der Waals surface area contributed by atoms with E-state index in [2.05, 4.69) is 5.16 Å². The second kappa shape index (κ2) is 4.64. The molecule has 1 aliphatic heterocycles. The van der Waals surface area contributed by atoms with Crippen molar-refractivity contribution in [2.75, 3.05) is 6.54 Å². The molecule has 2 rings (SSSR count). The SMILES string of the molecule is NCCC1CC(c2ccc(Cl)cc2)=NO1. The van der Waals surface area contributed by atoms with Crippen LogP contribution in [0.1, 0.15) is 18.4 Å². The molecule has 0 saturated carbocycles. The Morgan fingerprint density at radius 2 is 2.13 bits per heavy atom. The lowest BCUT2D eigenvalue weighted by molar-refractivity contribution is 0.0810. The third kappa shape index (κ3) is 2.49. The van der Waals surface area contributed by atoms with Gasteiger partial charge >= 0.3 is 0 Å². The number of halogens is 1. The molecule has 80 valence electrons. The average Bonchev–Trinajstić information content (AvgIpc) is 2.68. The first kappa shape index (κ1) is 10.5. The number of benzene rings is 1. The normalized spacial score (nSPS) is 19.9. The molecule has 1 atom stereocenters. The lowest BCUT2D eigenvalue weighted by atomic mass is 10.0. The third-order valence-electron chi connectivity index (χ3n) is 2.40. The second-order valence-electron chi connectivity index (χ2n) is 3.55. The fraction of sp³-hybridized carbons (Fsp3) is 0.364. The molecule has 0 amide bonds. The summed E-state index contributed by atoms with van der Waals surface area (Å²) in [6.07, 6.45) is 1.82. The van der Waals surface area contributed by atoms with E-state index in [9.17, 15) is 0 Å². The zero-order valence-electron chi connectivity index (χ0n) is 8.32. The highest BCUT2D eigenvalue weighted by atomic mass is 35.5. The first-order chi connectivity index (χ1) is 7.29. The Labute approximate surface area is 93.9 Å². The molecule has 15 heavy (non-hydrogen) atoms. The van der Waals surface area contributed by atoms with Gasteiger partial charge in [0.15, 0.2) is 0 Å². The summed E-state index contributed by atoms with van der Waals surface area (Å²) in [6.45, 7) is 0.633. The highest BCUT2D eigenvalue weighted by molar-refractivity contribution is 6.30. The molecule has 0 bridgehead atoms. The lowest BCUT2D eigenvalue weighted by Crippen LogP contribution is -2.14. The van der Waals surface area contributed by atoms with E-state index in [4.69, 9.17) is 22.2 Å². The largest absolute Gasteiger partial charge is 0.392 e. The Hall–Kier alpha value is -1.06. The zero-order valence-corrected chi connectivity index (χ0v) is 9.07. The molecule has 3 nitrogen and oxygen atoms in total. The van der Waals surface area contributed by atoms with Gasteiger partial charge < -0.3 is 10.6 Å². The number of hydrogen-bond acceptors (Lipinski definition) is 3. The maximum absolute atomic E-state index is 5.81. The molecule has 0 spiro atoms. The summed E-state index contributed by atoms with van der Waals surface area (Å²) in [7, 11) is 0. The Bertz CT molecular complexity index is 361. The van der Waals surface area contributed by atoms with Crippen molar-refractivity contribution in [3.05, 3.63) is 34.9 Å². The maximum Gasteiger partial charge on any atom is 0.134 e. The highest BCUT2D eigenvalue weighted by Gasteiger charge is 2.20. The molecule has 0 aromatic heterocycles. The summed E-state index contributed by atoms with van der Waals surface area (Å²) < 4.78 is 0. The Kier molecular flexibility index (Phi) is 3.23. The van der Waals surface area contributed by atoms with Crippen LogP contribution in [0.25, 0.3) is 0 Å². The van der Waals surface area contributed by atoms with Gasteiger partial charge in [-0.15, -0.1) is 0 Å². The van der Waals surface area contributed by atoms with Crippen molar-refractivity contribution >= 4 is 17.3 Å². The van der Waals surface area contributed by atoms with Crippen molar-refractivity contribution in [2.24, 2.45) is 10.9 Å². The van der Waals surface area contributed by atoms with E-state index in [1.807, 2.05) is 24.3 Å². The predicted molar refractivity (Wildman–Crippen MR) is 61.2 cm³/mol. The summed E-state index contributed by atoms with van der Waals surface area (Å²) in [5.41, 5.74) is 7.51. The van der Waals surface area contributed by atoms with Crippen molar-refractivity contribution in [3.8, 4) is 0 Å². The topological polar surface area (TPSA) is 47.6 Å². The summed E-state index contributed by atoms with van der Waals surface area (Å²) in [5, 5.41) is 4.79. The van der Waals surface area contributed by atoms with E-state index in [1.165, 1.54) is 0 Å². The van der Waals surface area contributed by atoms with Gasteiger partial charge in [-0.25, -0.2) is 0 Å². The minimum atomic E-state index is 0.140. The fourth-order valence-electron chi connectivity index (χ4n) is 1.58. The molecule has 0 fully saturated rings. The van der Waals surface area contributed by atoms with Crippen LogP contribution < -0.4 is 5.73 Å². The zero-order chi connectivity index (χ0) is 10.7. The quantitative estimate of drug-likeness (QED) is 0.856. The maximum atomic E-state index is 5.81. The van der Waals surface area contributed by atoms with Gasteiger partial charge in [0.25, 0.3) is 0 Å². The Balaban J connectivity index is 2.04. The minimum absolute atomic E-state index is 0.140. The van der Waals surface area contributed by atoms with Crippen LogP contribution in [0.3, 0.4) is 0 Å². The molecule has 0 radical (unpaired) electrons. The van der Waals surface area contributed by atoms with Crippen molar-refractivity contribution in [3.63, 3.8) is 0 Å². The van der Waals surface area contributed by atoms with Crippen molar-refractivity contribution < 1.29 is 4.84 Å². The van der Waals surface area contributed by atoms with Crippen molar-refractivity contribution in [1.29, 1.82) is 0 Å². The smallest absolute Gasteiger partial charge is 0.134 e. The van der Waals surface area contributed by atoms with E-state index in [0.29, 0.717) is 6.54 Å². The Morgan fingerprint density at radius 3 is 2.80 bits per heavy atom. The van der Waals surface area contributed by atoms with E-state index in [-0.39, 0.29) is 6.10 Å². The van der Waals surface area contributed by atoms with Crippen molar-refractivity contribution in [1.82, 2.24) is 0 Å². The third-order valence-corrected chi connectivity index (χ3v) is 2.65. The number of hydrogen-bond donors (Lipinski definition) is 1. The predicted octanol–water partition coefficient (Wildman–Crippen LogP) is 2.18. The molecule has 0 aliphatic carbocycles. The number of oxime groups is 1. The van der Waals surface area contributed by atoms with E-state index < -0.39 is 0 Å². The number of nitrogens with zero attached hydrogens (tertiary/aromatic N) is 1. The lowest BCUT2D eigenvalue weighted by Gasteiger charge is -2.04. The molecule has 1 aliphatic rings. The van der Waals surface area contributed by atoms with Gasteiger partial charge in [-0.05, 0) is 30.7 Å². The molecule has 0 saturated heterocycles. The van der Waals surface area contributed by atoms with Gasteiger partial charge in [-0.3, -0.25) is 0 Å². The molecular weight excluding hydrogens is 212 g/mol. The molecule has 1 unspecified atom stereocenters.